The molecule has 0 amide bonds. The lowest BCUT2D eigenvalue weighted by Crippen LogP contribution is -2.26. The van der Waals surface area contributed by atoms with E-state index in [1.165, 1.54) is 0 Å². The molecule has 0 bridgehead atoms. The lowest BCUT2D eigenvalue weighted by Gasteiger charge is -2.18. The minimum absolute atomic E-state index is 0.0556. The Labute approximate surface area is 119 Å². The Hall–Kier alpha value is -1.95. The normalized spacial score (nSPS) is 12.3. The summed E-state index contributed by atoms with van der Waals surface area (Å²) in [5, 5.41) is 11.7. The molecular weight excluding hydrogens is 254 g/mol. The summed E-state index contributed by atoms with van der Waals surface area (Å²) in [7, 11) is 1.58. The fourth-order valence-electron chi connectivity index (χ4n) is 2.14. The summed E-state index contributed by atoms with van der Waals surface area (Å²) in [4.78, 5) is 4.47. The maximum absolute atomic E-state index is 5.05. The molecule has 2 aromatic heterocycles. The molecule has 0 aliphatic heterocycles. The highest BCUT2D eigenvalue weighted by Gasteiger charge is 2.20. The molecule has 0 saturated heterocycles. The average molecular weight is 275 g/mol. The van der Waals surface area contributed by atoms with Crippen LogP contribution in [-0.2, 0) is 6.54 Å². The SMILES string of the molecule is CCCn1ccnc1C(NCC)c1ccc(OC)nn1. The van der Waals surface area contributed by atoms with Crippen molar-refractivity contribution in [2.75, 3.05) is 13.7 Å². The highest BCUT2D eigenvalue weighted by Crippen LogP contribution is 2.19. The summed E-state index contributed by atoms with van der Waals surface area (Å²) in [6.07, 6.45) is 4.89. The Kier molecular flexibility index (Phi) is 5.06. The van der Waals surface area contributed by atoms with Gasteiger partial charge in [0, 0.05) is 25.0 Å². The number of aromatic nitrogens is 4. The van der Waals surface area contributed by atoms with Gasteiger partial charge in [-0.2, -0.15) is 0 Å². The smallest absolute Gasteiger partial charge is 0.233 e. The Morgan fingerprint density at radius 1 is 1.30 bits per heavy atom. The van der Waals surface area contributed by atoms with Crippen LogP contribution in [0.25, 0.3) is 0 Å². The van der Waals surface area contributed by atoms with Crippen molar-refractivity contribution in [2.24, 2.45) is 0 Å². The Morgan fingerprint density at radius 2 is 2.15 bits per heavy atom. The quantitative estimate of drug-likeness (QED) is 0.834. The molecule has 6 heteroatoms. The van der Waals surface area contributed by atoms with Gasteiger partial charge in [0.1, 0.15) is 11.9 Å². The molecule has 1 N–H and O–H groups in total. The van der Waals surface area contributed by atoms with Crippen molar-refractivity contribution in [3.05, 3.63) is 36.0 Å². The van der Waals surface area contributed by atoms with Crippen molar-refractivity contribution in [1.82, 2.24) is 25.1 Å². The highest BCUT2D eigenvalue weighted by molar-refractivity contribution is 5.20. The minimum atomic E-state index is -0.0556. The fraction of sp³-hybridized carbons (Fsp3) is 0.500. The van der Waals surface area contributed by atoms with Gasteiger partial charge in [-0.05, 0) is 19.0 Å². The van der Waals surface area contributed by atoms with Gasteiger partial charge in [0.25, 0.3) is 0 Å². The molecule has 2 rings (SSSR count). The molecule has 6 nitrogen and oxygen atoms in total. The molecule has 2 heterocycles. The molecule has 20 heavy (non-hydrogen) atoms. The van der Waals surface area contributed by atoms with E-state index in [0.29, 0.717) is 5.88 Å². The highest BCUT2D eigenvalue weighted by atomic mass is 16.5. The number of hydrogen-bond donors (Lipinski definition) is 1. The van der Waals surface area contributed by atoms with Crippen LogP contribution in [0.1, 0.15) is 37.8 Å². The van der Waals surface area contributed by atoms with Gasteiger partial charge in [-0.15, -0.1) is 10.2 Å². The van der Waals surface area contributed by atoms with E-state index in [1.54, 1.807) is 7.11 Å². The largest absolute Gasteiger partial charge is 0.480 e. The van der Waals surface area contributed by atoms with Crippen LogP contribution in [-0.4, -0.2) is 33.4 Å². The van der Waals surface area contributed by atoms with E-state index in [9.17, 15) is 0 Å². The first-order valence-corrected chi connectivity index (χ1v) is 6.92. The van der Waals surface area contributed by atoms with E-state index in [2.05, 4.69) is 38.9 Å². The lowest BCUT2D eigenvalue weighted by atomic mass is 10.1. The number of rotatable bonds is 7. The number of nitrogens with one attached hydrogen (secondary N) is 1. The third kappa shape index (κ3) is 3.14. The summed E-state index contributed by atoms with van der Waals surface area (Å²) in [6.45, 7) is 5.99. The maximum Gasteiger partial charge on any atom is 0.233 e. The van der Waals surface area contributed by atoms with E-state index >= 15 is 0 Å². The lowest BCUT2D eigenvalue weighted by molar-refractivity contribution is 0.389. The Balaban J connectivity index is 2.31. The molecule has 108 valence electrons. The van der Waals surface area contributed by atoms with Gasteiger partial charge in [-0.3, -0.25) is 0 Å². The first-order chi connectivity index (χ1) is 9.80. The van der Waals surface area contributed by atoms with Crippen molar-refractivity contribution in [1.29, 1.82) is 0 Å². The maximum atomic E-state index is 5.05. The van der Waals surface area contributed by atoms with Gasteiger partial charge >= 0.3 is 0 Å². The number of ether oxygens (including phenoxy) is 1. The molecule has 2 aromatic rings. The fourth-order valence-corrected chi connectivity index (χ4v) is 2.14. The van der Waals surface area contributed by atoms with Gasteiger partial charge < -0.3 is 14.6 Å². The van der Waals surface area contributed by atoms with Crippen LogP contribution in [0.15, 0.2) is 24.5 Å². The number of imidazole rings is 1. The van der Waals surface area contributed by atoms with Crippen LogP contribution in [0.5, 0.6) is 5.88 Å². The topological polar surface area (TPSA) is 64.9 Å². The standard InChI is InChI=1S/C14H21N5O/c1-4-9-19-10-8-16-14(19)13(15-5-2)11-6-7-12(20-3)18-17-11/h6-8,10,13,15H,4-5,9H2,1-3H3. The van der Waals surface area contributed by atoms with Gasteiger partial charge in [-0.1, -0.05) is 13.8 Å². The van der Waals surface area contributed by atoms with Crippen LogP contribution < -0.4 is 10.1 Å². The number of hydrogen-bond acceptors (Lipinski definition) is 5. The summed E-state index contributed by atoms with van der Waals surface area (Å²) < 4.78 is 7.20. The van der Waals surface area contributed by atoms with Crippen LogP contribution in [0.3, 0.4) is 0 Å². The van der Waals surface area contributed by atoms with Crippen LogP contribution >= 0.6 is 0 Å². The van der Waals surface area contributed by atoms with E-state index in [0.717, 1.165) is 31.0 Å². The van der Waals surface area contributed by atoms with E-state index in [1.807, 2.05) is 24.5 Å². The molecule has 1 unspecified atom stereocenters. The van der Waals surface area contributed by atoms with Crippen LogP contribution in [0.2, 0.25) is 0 Å². The zero-order chi connectivity index (χ0) is 14.4. The molecule has 0 fully saturated rings. The third-order valence-electron chi connectivity index (χ3n) is 3.04. The predicted molar refractivity (Wildman–Crippen MR) is 76.6 cm³/mol. The first kappa shape index (κ1) is 14.5. The van der Waals surface area contributed by atoms with Gasteiger partial charge in [0.15, 0.2) is 0 Å². The number of nitrogens with zero attached hydrogens (tertiary/aromatic N) is 4. The second kappa shape index (κ2) is 7.00. The molecular formula is C14H21N5O. The van der Waals surface area contributed by atoms with Crippen LogP contribution in [0, 0.1) is 0 Å². The zero-order valence-electron chi connectivity index (χ0n) is 12.2. The van der Waals surface area contributed by atoms with E-state index < -0.39 is 0 Å². The van der Waals surface area contributed by atoms with Crippen molar-refractivity contribution >= 4 is 0 Å². The van der Waals surface area contributed by atoms with E-state index in [-0.39, 0.29) is 6.04 Å². The second-order valence-electron chi connectivity index (χ2n) is 4.47. The zero-order valence-corrected chi connectivity index (χ0v) is 12.2. The molecule has 0 aliphatic rings. The molecule has 0 saturated carbocycles. The molecule has 0 radical (unpaired) electrons. The Morgan fingerprint density at radius 3 is 2.75 bits per heavy atom. The molecule has 1 atom stereocenters. The van der Waals surface area contributed by atoms with Crippen molar-refractivity contribution < 1.29 is 4.74 Å². The summed E-state index contributed by atoms with van der Waals surface area (Å²) in [5.41, 5.74) is 0.844. The van der Waals surface area contributed by atoms with Crippen molar-refractivity contribution in [2.45, 2.75) is 32.9 Å². The minimum Gasteiger partial charge on any atom is -0.480 e. The molecule has 0 aliphatic carbocycles. The monoisotopic (exact) mass is 275 g/mol. The average Bonchev–Trinajstić information content (AvgIpc) is 2.93. The summed E-state index contributed by atoms with van der Waals surface area (Å²) >= 11 is 0. The predicted octanol–water partition coefficient (Wildman–Crippen LogP) is 1.79. The van der Waals surface area contributed by atoms with Crippen molar-refractivity contribution in [3.63, 3.8) is 0 Å². The van der Waals surface area contributed by atoms with Gasteiger partial charge in [-0.25, -0.2) is 4.98 Å². The summed E-state index contributed by atoms with van der Waals surface area (Å²) in [6, 6.07) is 3.68. The Bertz CT molecular complexity index is 523. The van der Waals surface area contributed by atoms with Crippen LogP contribution in [0.4, 0.5) is 0 Å². The first-order valence-electron chi connectivity index (χ1n) is 6.92. The van der Waals surface area contributed by atoms with Gasteiger partial charge in [0.05, 0.1) is 12.8 Å². The van der Waals surface area contributed by atoms with Gasteiger partial charge in [0.2, 0.25) is 5.88 Å². The number of methoxy groups -OCH3 is 1. The second-order valence-corrected chi connectivity index (χ2v) is 4.47. The van der Waals surface area contributed by atoms with Crippen molar-refractivity contribution in [3.8, 4) is 5.88 Å². The van der Waals surface area contributed by atoms with E-state index in [4.69, 9.17) is 4.74 Å². The molecule has 0 aromatic carbocycles. The third-order valence-corrected chi connectivity index (χ3v) is 3.04. The number of aryl methyl sites for hydroxylation is 1. The molecule has 0 spiro atoms. The summed E-state index contributed by atoms with van der Waals surface area (Å²) in [5.74, 6) is 1.48.